The van der Waals surface area contributed by atoms with Crippen molar-refractivity contribution in [1.82, 2.24) is 10.2 Å². The van der Waals surface area contributed by atoms with Crippen molar-refractivity contribution in [2.45, 2.75) is 31.6 Å². The van der Waals surface area contributed by atoms with Crippen LogP contribution in [-0.4, -0.2) is 50.3 Å². The van der Waals surface area contributed by atoms with Crippen LogP contribution in [0.5, 0.6) is 17.2 Å². The first-order valence-corrected chi connectivity index (χ1v) is 10.5. The first-order chi connectivity index (χ1) is 15.3. The fourth-order valence-electron chi connectivity index (χ4n) is 4.01. The number of carbonyl (C=O) groups is 1. The number of fused-ring (bicyclic) bond motifs is 1. The molecule has 0 bridgehead atoms. The Morgan fingerprint density at radius 1 is 1.16 bits per heavy atom. The molecule has 0 aromatic heterocycles. The molecule has 2 aromatic carbocycles. The van der Waals surface area contributed by atoms with Crippen LogP contribution in [-0.2, 0) is 12.7 Å². The number of carbonyl (C=O) groups excluding carboxylic acids is 1. The normalized spacial score (nSPS) is 17.1. The minimum atomic E-state index is -4.34. The van der Waals surface area contributed by atoms with Gasteiger partial charge in [-0.25, -0.2) is 0 Å². The number of nitrogens with one attached hydrogen (secondary N) is 1. The first kappa shape index (κ1) is 22.3. The zero-order valence-electron chi connectivity index (χ0n) is 17.7. The van der Waals surface area contributed by atoms with Crippen molar-refractivity contribution in [3.8, 4) is 17.2 Å². The Morgan fingerprint density at radius 3 is 2.62 bits per heavy atom. The lowest BCUT2D eigenvalue weighted by molar-refractivity contribution is -0.137. The van der Waals surface area contributed by atoms with Crippen LogP contribution in [0.3, 0.4) is 0 Å². The molecule has 1 fully saturated rings. The summed E-state index contributed by atoms with van der Waals surface area (Å²) in [5.74, 6) is 1.20. The van der Waals surface area contributed by atoms with E-state index in [4.69, 9.17) is 14.2 Å². The number of hydrogen-bond donors (Lipinski definition) is 1. The summed E-state index contributed by atoms with van der Waals surface area (Å²) in [4.78, 5) is 14.9. The summed E-state index contributed by atoms with van der Waals surface area (Å²) in [7, 11) is 1.51. The van der Waals surface area contributed by atoms with Gasteiger partial charge in [0.1, 0.15) is 13.2 Å². The Hall–Kier alpha value is -2.94. The highest BCUT2D eigenvalue weighted by atomic mass is 19.4. The predicted octanol–water partition coefficient (Wildman–Crippen LogP) is 3.88. The topological polar surface area (TPSA) is 60.0 Å². The minimum absolute atomic E-state index is 0.0144. The van der Waals surface area contributed by atoms with Crippen molar-refractivity contribution in [3.05, 3.63) is 53.1 Å². The van der Waals surface area contributed by atoms with Gasteiger partial charge in [-0.3, -0.25) is 9.69 Å². The van der Waals surface area contributed by atoms with Crippen molar-refractivity contribution >= 4 is 5.91 Å². The lowest BCUT2D eigenvalue weighted by Crippen LogP contribution is -2.44. The van der Waals surface area contributed by atoms with Crippen molar-refractivity contribution in [1.29, 1.82) is 0 Å². The van der Waals surface area contributed by atoms with Crippen LogP contribution in [0, 0.1) is 0 Å². The molecule has 2 heterocycles. The van der Waals surface area contributed by atoms with E-state index < -0.39 is 11.7 Å². The molecule has 2 aromatic rings. The van der Waals surface area contributed by atoms with Gasteiger partial charge in [0, 0.05) is 31.2 Å². The fourth-order valence-corrected chi connectivity index (χ4v) is 4.01. The van der Waals surface area contributed by atoms with Crippen LogP contribution in [0.2, 0.25) is 0 Å². The summed E-state index contributed by atoms with van der Waals surface area (Å²) in [5.41, 5.74) is 0.426. The summed E-state index contributed by atoms with van der Waals surface area (Å²) in [6, 6.07) is 8.69. The lowest BCUT2D eigenvalue weighted by atomic mass is 10.0. The molecule has 1 amide bonds. The van der Waals surface area contributed by atoms with Gasteiger partial charge in [-0.15, -0.1) is 0 Å². The molecule has 172 valence electrons. The van der Waals surface area contributed by atoms with E-state index in [1.54, 1.807) is 18.2 Å². The zero-order chi connectivity index (χ0) is 22.7. The number of rotatable bonds is 5. The molecule has 4 rings (SSSR count). The van der Waals surface area contributed by atoms with E-state index in [-0.39, 0.29) is 11.9 Å². The summed E-state index contributed by atoms with van der Waals surface area (Å²) in [6.07, 6.45) is -2.91. The maximum absolute atomic E-state index is 12.9. The minimum Gasteiger partial charge on any atom is -0.493 e. The number of amides is 1. The Bertz CT molecular complexity index is 955. The van der Waals surface area contributed by atoms with Crippen LogP contribution in [0.1, 0.15) is 34.3 Å². The average Bonchev–Trinajstić information content (AvgIpc) is 2.79. The molecule has 6 nitrogen and oxygen atoms in total. The van der Waals surface area contributed by atoms with E-state index in [9.17, 15) is 18.0 Å². The number of halogens is 3. The Labute approximate surface area is 184 Å². The number of piperidine rings is 1. The molecule has 0 saturated carbocycles. The average molecular weight is 450 g/mol. The number of hydrogen-bond acceptors (Lipinski definition) is 5. The van der Waals surface area contributed by atoms with Crippen LogP contribution < -0.4 is 19.5 Å². The number of benzene rings is 2. The molecule has 0 radical (unpaired) electrons. The van der Waals surface area contributed by atoms with Crippen molar-refractivity contribution in [3.63, 3.8) is 0 Å². The maximum atomic E-state index is 12.9. The van der Waals surface area contributed by atoms with Crippen LogP contribution >= 0.6 is 0 Å². The third-order valence-corrected chi connectivity index (χ3v) is 5.67. The van der Waals surface area contributed by atoms with E-state index in [2.05, 4.69) is 10.2 Å². The monoisotopic (exact) mass is 450 g/mol. The molecule has 2 aliphatic heterocycles. The summed E-state index contributed by atoms with van der Waals surface area (Å²) in [5, 5.41) is 3.04. The quantitative estimate of drug-likeness (QED) is 0.749. The number of likely N-dealkylation sites (tertiary alicyclic amines) is 1. The van der Waals surface area contributed by atoms with E-state index in [0.717, 1.165) is 6.07 Å². The lowest BCUT2D eigenvalue weighted by Gasteiger charge is -2.32. The summed E-state index contributed by atoms with van der Waals surface area (Å²) < 4.78 is 55.3. The van der Waals surface area contributed by atoms with Gasteiger partial charge in [0.25, 0.3) is 5.91 Å². The molecule has 0 aliphatic carbocycles. The fraction of sp³-hybridized carbons (Fsp3) is 0.435. The third kappa shape index (κ3) is 5.09. The van der Waals surface area contributed by atoms with Gasteiger partial charge in [0.15, 0.2) is 11.5 Å². The first-order valence-electron chi connectivity index (χ1n) is 10.5. The van der Waals surface area contributed by atoms with Crippen molar-refractivity contribution in [2.24, 2.45) is 0 Å². The Morgan fingerprint density at radius 2 is 1.91 bits per heavy atom. The third-order valence-electron chi connectivity index (χ3n) is 5.67. The van der Waals surface area contributed by atoms with Crippen molar-refractivity contribution in [2.75, 3.05) is 33.4 Å². The van der Waals surface area contributed by atoms with Gasteiger partial charge in [-0.1, -0.05) is 18.2 Å². The van der Waals surface area contributed by atoms with Gasteiger partial charge >= 0.3 is 6.18 Å². The molecular formula is C23H25F3N2O4. The standard InChI is InChI=1S/C23H25F3N2O4/c1-30-19-12-16(13-20-21(19)32-10-9-31-20)22(29)27-18-5-7-28(8-6-18)14-15-3-2-4-17(11-15)23(24,25)26/h2-4,11-13,18H,5-10,14H2,1H3,(H,27,29). The van der Waals surface area contributed by atoms with Gasteiger partial charge in [-0.2, -0.15) is 13.2 Å². The molecule has 2 aliphatic rings. The molecule has 1 saturated heterocycles. The highest BCUT2D eigenvalue weighted by Crippen LogP contribution is 2.40. The second-order valence-electron chi connectivity index (χ2n) is 7.92. The van der Waals surface area contributed by atoms with E-state index >= 15 is 0 Å². The zero-order valence-corrected chi connectivity index (χ0v) is 17.7. The van der Waals surface area contributed by atoms with Gasteiger partial charge in [0.05, 0.1) is 12.7 Å². The van der Waals surface area contributed by atoms with Gasteiger partial charge in [0.2, 0.25) is 5.75 Å². The Kier molecular flexibility index (Phi) is 6.45. The molecular weight excluding hydrogens is 425 g/mol. The van der Waals surface area contributed by atoms with E-state index in [1.165, 1.54) is 19.2 Å². The van der Waals surface area contributed by atoms with E-state index in [1.807, 2.05) is 0 Å². The molecule has 0 unspecified atom stereocenters. The van der Waals surface area contributed by atoms with Crippen LogP contribution in [0.15, 0.2) is 36.4 Å². The predicted molar refractivity (Wildman–Crippen MR) is 111 cm³/mol. The van der Waals surface area contributed by atoms with Crippen LogP contribution in [0.25, 0.3) is 0 Å². The molecule has 9 heteroatoms. The second-order valence-corrected chi connectivity index (χ2v) is 7.92. The van der Waals surface area contributed by atoms with Crippen molar-refractivity contribution < 1.29 is 32.2 Å². The van der Waals surface area contributed by atoms with Gasteiger partial charge < -0.3 is 19.5 Å². The summed E-state index contributed by atoms with van der Waals surface area (Å²) >= 11 is 0. The van der Waals surface area contributed by atoms with Gasteiger partial charge in [-0.05, 0) is 36.6 Å². The number of methoxy groups -OCH3 is 1. The number of alkyl halides is 3. The maximum Gasteiger partial charge on any atom is 0.416 e. The largest absolute Gasteiger partial charge is 0.493 e. The molecule has 1 N–H and O–H groups in total. The van der Waals surface area contributed by atoms with E-state index in [0.29, 0.717) is 74.1 Å². The summed E-state index contributed by atoms with van der Waals surface area (Å²) in [6.45, 7) is 2.65. The highest BCUT2D eigenvalue weighted by molar-refractivity contribution is 5.95. The smallest absolute Gasteiger partial charge is 0.416 e. The SMILES string of the molecule is COc1cc(C(=O)NC2CCN(Cc3cccc(C(F)(F)F)c3)CC2)cc2c1OCCO2. The van der Waals surface area contributed by atoms with Crippen LogP contribution in [0.4, 0.5) is 13.2 Å². The second kappa shape index (κ2) is 9.28. The molecule has 0 spiro atoms. The Balaban J connectivity index is 1.33. The number of nitrogens with zero attached hydrogens (tertiary/aromatic N) is 1. The molecule has 32 heavy (non-hydrogen) atoms. The molecule has 0 atom stereocenters. The number of ether oxygens (including phenoxy) is 3. The highest BCUT2D eigenvalue weighted by Gasteiger charge is 2.30.